The molecule has 1 amide bonds. The smallest absolute Gasteiger partial charge is 0.411 e. The summed E-state index contributed by atoms with van der Waals surface area (Å²) in [6, 6.07) is 0.182. The Morgan fingerprint density at radius 2 is 1.95 bits per heavy atom. The highest BCUT2D eigenvalue weighted by atomic mass is 16.6. The summed E-state index contributed by atoms with van der Waals surface area (Å²) in [5.41, 5.74) is -1.08. The van der Waals surface area contributed by atoms with Crippen LogP contribution in [0.15, 0.2) is 12.4 Å². The molecule has 1 aromatic heterocycles. The molecule has 0 aliphatic heterocycles. The average Bonchev–Trinajstić information content (AvgIpc) is 2.85. The number of hydrogen-bond acceptors (Lipinski definition) is 4. The predicted molar refractivity (Wildman–Crippen MR) is 80.0 cm³/mol. The number of amides is 1. The van der Waals surface area contributed by atoms with Crippen LogP contribution in [-0.2, 0) is 15.1 Å². The van der Waals surface area contributed by atoms with Crippen molar-refractivity contribution in [3.05, 3.63) is 18.0 Å². The first-order valence-electron chi connectivity index (χ1n) is 6.99. The van der Waals surface area contributed by atoms with E-state index in [4.69, 9.17) is 4.74 Å². The Morgan fingerprint density at radius 3 is 2.33 bits per heavy atom. The van der Waals surface area contributed by atoms with Crippen molar-refractivity contribution in [3.8, 4) is 0 Å². The molecule has 0 saturated carbocycles. The molecular formula is C15H25N3O3. The van der Waals surface area contributed by atoms with Crippen molar-refractivity contribution in [3.63, 3.8) is 0 Å². The van der Waals surface area contributed by atoms with Gasteiger partial charge in [-0.05, 0) is 41.5 Å². The lowest BCUT2D eigenvalue weighted by atomic mass is 9.95. The third kappa shape index (κ3) is 3.83. The highest BCUT2D eigenvalue weighted by Crippen LogP contribution is 2.27. The van der Waals surface area contributed by atoms with Crippen molar-refractivity contribution in [2.45, 2.75) is 58.7 Å². The van der Waals surface area contributed by atoms with Gasteiger partial charge in [-0.25, -0.2) is 4.79 Å². The van der Waals surface area contributed by atoms with Gasteiger partial charge < -0.3 is 9.53 Å². The minimum absolute atomic E-state index is 0.182. The van der Waals surface area contributed by atoms with Crippen LogP contribution in [0.1, 0.15) is 53.1 Å². The van der Waals surface area contributed by atoms with Crippen LogP contribution in [0, 0.1) is 0 Å². The first-order valence-corrected chi connectivity index (χ1v) is 6.99. The number of aldehydes is 1. The van der Waals surface area contributed by atoms with Crippen LogP contribution in [0.25, 0.3) is 0 Å². The van der Waals surface area contributed by atoms with Gasteiger partial charge in [0.15, 0.2) is 0 Å². The summed E-state index contributed by atoms with van der Waals surface area (Å²) in [7, 11) is 1.55. The SMILES string of the molecule is CC(C)n1cc(C(C)(C=O)N(C)C(=O)OC(C)(C)C)cn1. The zero-order valence-corrected chi connectivity index (χ0v) is 13.9. The lowest BCUT2D eigenvalue weighted by Crippen LogP contribution is -2.48. The fourth-order valence-electron chi connectivity index (χ4n) is 1.74. The number of ether oxygens (including phenoxy) is 1. The molecule has 1 atom stereocenters. The van der Waals surface area contributed by atoms with E-state index in [1.165, 1.54) is 4.90 Å². The normalized spacial score (nSPS) is 14.7. The summed E-state index contributed by atoms with van der Waals surface area (Å²) in [5, 5.41) is 4.23. The molecule has 1 rings (SSSR count). The quantitative estimate of drug-likeness (QED) is 0.801. The first kappa shape index (κ1) is 17.2. The zero-order chi connectivity index (χ0) is 16.4. The Morgan fingerprint density at radius 1 is 1.38 bits per heavy atom. The molecule has 21 heavy (non-hydrogen) atoms. The summed E-state index contributed by atoms with van der Waals surface area (Å²) in [5.74, 6) is 0. The monoisotopic (exact) mass is 295 g/mol. The molecule has 0 aromatic carbocycles. The summed E-state index contributed by atoms with van der Waals surface area (Å²) < 4.78 is 7.07. The number of hydrogen-bond donors (Lipinski definition) is 0. The average molecular weight is 295 g/mol. The Bertz CT molecular complexity index is 516. The van der Waals surface area contributed by atoms with Gasteiger partial charge in [0.2, 0.25) is 0 Å². The third-order valence-electron chi connectivity index (χ3n) is 3.31. The predicted octanol–water partition coefficient (Wildman–Crippen LogP) is 2.75. The van der Waals surface area contributed by atoms with Crippen LogP contribution in [0.3, 0.4) is 0 Å². The topological polar surface area (TPSA) is 64.4 Å². The largest absolute Gasteiger partial charge is 0.444 e. The molecule has 0 fully saturated rings. The summed E-state index contributed by atoms with van der Waals surface area (Å²) in [4.78, 5) is 25.1. The minimum atomic E-state index is -1.12. The van der Waals surface area contributed by atoms with E-state index in [0.717, 1.165) is 6.29 Å². The van der Waals surface area contributed by atoms with E-state index in [2.05, 4.69) is 5.10 Å². The van der Waals surface area contributed by atoms with Gasteiger partial charge in [-0.1, -0.05) is 0 Å². The Kier molecular flexibility index (Phi) is 4.81. The second-order valence-corrected chi connectivity index (χ2v) is 6.61. The molecule has 1 heterocycles. The van der Waals surface area contributed by atoms with Crippen LogP contribution >= 0.6 is 0 Å². The van der Waals surface area contributed by atoms with Crippen LogP contribution < -0.4 is 0 Å². The first-order chi connectivity index (χ1) is 9.51. The maximum Gasteiger partial charge on any atom is 0.411 e. The Balaban J connectivity index is 3.07. The molecule has 0 aliphatic carbocycles. The van der Waals surface area contributed by atoms with E-state index in [1.54, 1.807) is 51.8 Å². The number of nitrogens with zero attached hydrogens (tertiary/aromatic N) is 3. The summed E-state index contributed by atoms with van der Waals surface area (Å²) >= 11 is 0. The molecule has 6 nitrogen and oxygen atoms in total. The van der Waals surface area contributed by atoms with Crippen LogP contribution in [0.2, 0.25) is 0 Å². The van der Waals surface area contributed by atoms with Crippen LogP contribution in [0.4, 0.5) is 4.79 Å². The van der Waals surface area contributed by atoms with E-state index < -0.39 is 17.2 Å². The van der Waals surface area contributed by atoms with Gasteiger partial charge >= 0.3 is 6.09 Å². The maximum atomic E-state index is 12.2. The summed E-state index contributed by atoms with van der Waals surface area (Å²) in [6.07, 6.45) is 3.57. The van der Waals surface area contributed by atoms with Crippen molar-refractivity contribution in [1.29, 1.82) is 0 Å². The molecule has 6 heteroatoms. The number of aromatic nitrogens is 2. The molecule has 0 spiro atoms. The Labute approximate surface area is 126 Å². The number of rotatable bonds is 4. The zero-order valence-electron chi connectivity index (χ0n) is 13.9. The van der Waals surface area contributed by atoms with E-state index in [9.17, 15) is 9.59 Å². The van der Waals surface area contributed by atoms with Gasteiger partial charge in [-0.2, -0.15) is 5.10 Å². The molecule has 1 aromatic rings. The molecular weight excluding hydrogens is 270 g/mol. The molecule has 0 saturated heterocycles. The fourth-order valence-corrected chi connectivity index (χ4v) is 1.74. The van der Waals surface area contributed by atoms with E-state index in [1.807, 2.05) is 13.8 Å². The molecule has 0 N–H and O–H groups in total. The van der Waals surface area contributed by atoms with Crippen molar-refractivity contribution >= 4 is 12.4 Å². The highest BCUT2D eigenvalue weighted by Gasteiger charge is 2.37. The van der Waals surface area contributed by atoms with Gasteiger partial charge in [0.1, 0.15) is 17.4 Å². The van der Waals surface area contributed by atoms with Gasteiger partial charge in [-0.3, -0.25) is 9.58 Å². The lowest BCUT2D eigenvalue weighted by Gasteiger charge is -2.34. The van der Waals surface area contributed by atoms with Crippen molar-refractivity contribution in [1.82, 2.24) is 14.7 Å². The van der Waals surface area contributed by atoms with Gasteiger partial charge in [0, 0.05) is 24.8 Å². The molecule has 0 aliphatic rings. The van der Waals surface area contributed by atoms with Crippen molar-refractivity contribution < 1.29 is 14.3 Å². The van der Waals surface area contributed by atoms with E-state index in [-0.39, 0.29) is 6.04 Å². The van der Waals surface area contributed by atoms with E-state index in [0.29, 0.717) is 5.56 Å². The van der Waals surface area contributed by atoms with Crippen molar-refractivity contribution in [2.24, 2.45) is 0 Å². The molecule has 1 unspecified atom stereocenters. The van der Waals surface area contributed by atoms with Gasteiger partial charge in [0.25, 0.3) is 0 Å². The number of likely N-dealkylation sites (N-methyl/N-ethyl adjacent to an activating group) is 1. The number of carbonyl (C=O) groups excluding carboxylic acids is 2. The second kappa shape index (κ2) is 5.87. The van der Waals surface area contributed by atoms with Gasteiger partial charge in [-0.15, -0.1) is 0 Å². The number of carbonyl (C=O) groups is 2. The Hall–Kier alpha value is -1.85. The second-order valence-electron chi connectivity index (χ2n) is 6.61. The third-order valence-corrected chi connectivity index (χ3v) is 3.31. The fraction of sp³-hybridized carbons (Fsp3) is 0.667. The molecule has 0 bridgehead atoms. The summed E-state index contributed by atoms with van der Waals surface area (Å²) in [6.45, 7) is 11.0. The van der Waals surface area contributed by atoms with Gasteiger partial charge in [0.05, 0.1) is 6.20 Å². The highest BCUT2D eigenvalue weighted by molar-refractivity contribution is 5.77. The van der Waals surface area contributed by atoms with Crippen LogP contribution in [0.5, 0.6) is 0 Å². The van der Waals surface area contributed by atoms with Crippen LogP contribution in [-0.4, -0.2) is 39.7 Å². The minimum Gasteiger partial charge on any atom is -0.444 e. The standard InChI is InChI=1S/C15H25N3O3/c1-11(2)18-9-12(8-16-18)15(6,10-19)17(7)13(20)21-14(3,4)5/h8-11H,1-7H3. The molecule has 0 radical (unpaired) electrons. The maximum absolute atomic E-state index is 12.2. The molecule has 118 valence electrons. The van der Waals surface area contributed by atoms with E-state index >= 15 is 0 Å². The lowest BCUT2D eigenvalue weighted by molar-refractivity contribution is -0.117. The van der Waals surface area contributed by atoms with Crippen molar-refractivity contribution in [2.75, 3.05) is 7.05 Å².